The van der Waals surface area contributed by atoms with Gasteiger partial charge in [0.25, 0.3) is 0 Å². The molecule has 0 unspecified atom stereocenters. The van der Waals surface area contributed by atoms with Crippen LogP contribution in [0.1, 0.15) is 0 Å². The van der Waals surface area contributed by atoms with Crippen molar-refractivity contribution in [1.29, 1.82) is 0 Å². The number of hydrogen-bond acceptors (Lipinski definition) is 4. The Hall–Kier alpha value is -0.550. The Morgan fingerprint density at radius 1 is 0.769 bits per heavy atom. The average molecular weight is 234 g/mol. The first-order valence-corrected chi connectivity index (χ1v) is 3.54. The molecule has 4 nitrogen and oxygen atoms in total. The normalized spacial score (nSPS) is 14.6. The molecule has 0 spiro atoms. The smallest absolute Gasteiger partial charge is 0.169 e. The number of halogens is 6. The molecule has 0 heterocycles. The van der Waals surface area contributed by atoms with Crippen LogP contribution in [0.25, 0.3) is 0 Å². The summed E-state index contributed by atoms with van der Waals surface area (Å²) in [7, 11) is -6.15. The molecule has 0 aromatic heterocycles. The van der Waals surface area contributed by atoms with Gasteiger partial charge in [0, 0.05) is 0 Å². The first-order chi connectivity index (χ1) is 5.41. The molecule has 0 aliphatic heterocycles. The van der Waals surface area contributed by atoms with Gasteiger partial charge in [-0.1, -0.05) is 0 Å². The highest BCUT2D eigenvalue weighted by Crippen LogP contribution is 2.25. The van der Waals surface area contributed by atoms with E-state index in [0.29, 0.717) is 0 Å². The van der Waals surface area contributed by atoms with Gasteiger partial charge < -0.3 is 0 Å². The third-order valence-electron chi connectivity index (χ3n) is 0.393. The third-order valence-corrected chi connectivity index (χ3v) is 1.18. The van der Waals surface area contributed by atoms with Crippen LogP contribution < -0.4 is 0 Å². The lowest BCUT2D eigenvalue weighted by Crippen LogP contribution is -2.27. The second-order valence-corrected chi connectivity index (χ2v) is 2.62. The first kappa shape index (κ1) is 12.4. The SMILES string of the molecule is O=S(=O)(OC(F)(F)F)OC(F)(F)F. The molecule has 0 radical (unpaired) electrons. The van der Waals surface area contributed by atoms with E-state index in [1.54, 1.807) is 0 Å². The Kier molecular flexibility index (Phi) is 3.17. The van der Waals surface area contributed by atoms with Gasteiger partial charge in [-0.3, -0.25) is 0 Å². The fraction of sp³-hybridized carbons (Fsp3) is 1.00. The second kappa shape index (κ2) is 3.31. The van der Waals surface area contributed by atoms with Crippen molar-refractivity contribution >= 4 is 10.4 Å². The van der Waals surface area contributed by atoms with E-state index in [2.05, 4.69) is 0 Å². The average Bonchev–Trinajstić information content (AvgIpc) is 1.43. The highest BCUT2D eigenvalue weighted by atomic mass is 32.3. The van der Waals surface area contributed by atoms with Gasteiger partial charge in [-0.25, -0.2) is 0 Å². The van der Waals surface area contributed by atoms with Gasteiger partial charge in [-0.2, -0.15) is 8.42 Å². The maximum Gasteiger partial charge on any atom is 0.538 e. The molecule has 0 aliphatic rings. The van der Waals surface area contributed by atoms with Gasteiger partial charge in [0.1, 0.15) is 0 Å². The summed E-state index contributed by atoms with van der Waals surface area (Å²) < 4.78 is 90.1. The molecule has 0 aromatic carbocycles. The van der Waals surface area contributed by atoms with Crippen molar-refractivity contribution in [2.24, 2.45) is 0 Å². The van der Waals surface area contributed by atoms with E-state index in [0.717, 1.165) is 0 Å². The summed E-state index contributed by atoms with van der Waals surface area (Å²) in [4.78, 5) is 0. The van der Waals surface area contributed by atoms with Gasteiger partial charge >= 0.3 is 23.1 Å². The minimum atomic E-state index is -6.15. The highest BCUT2D eigenvalue weighted by molar-refractivity contribution is 7.81. The summed E-state index contributed by atoms with van der Waals surface area (Å²) in [5, 5.41) is 0. The Morgan fingerprint density at radius 3 is 1.15 bits per heavy atom. The fourth-order valence-corrected chi connectivity index (χ4v) is 0.745. The standard InChI is InChI=1S/C2F6O4S/c3-1(4,5)11-13(9,10)12-2(6,7)8. The summed E-state index contributed by atoms with van der Waals surface area (Å²) in [6, 6.07) is 0. The molecule has 0 amide bonds. The molecular weight excluding hydrogens is 234 g/mol. The monoisotopic (exact) mass is 234 g/mol. The number of alkyl halides is 6. The second-order valence-electron chi connectivity index (χ2n) is 1.47. The summed E-state index contributed by atoms with van der Waals surface area (Å²) in [6.45, 7) is 0. The van der Waals surface area contributed by atoms with Crippen LogP contribution in [0.2, 0.25) is 0 Å². The lowest BCUT2D eigenvalue weighted by atomic mass is 11.4. The first-order valence-electron chi connectivity index (χ1n) is 2.21. The van der Waals surface area contributed by atoms with Crippen LogP contribution in [-0.2, 0) is 18.8 Å². The van der Waals surface area contributed by atoms with Crippen molar-refractivity contribution in [2.45, 2.75) is 12.7 Å². The lowest BCUT2D eigenvalue weighted by molar-refractivity contribution is -0.302. The summed E-state index contributed by atoms with van der Waals surface area (Å²) in [5.41, 5.74) is 0. The molecule has 0 N–H and O–H groups in total. The molecule has 13 heavy (non-hydrogen) atoms. The van der Waals surface area contributed by atoms with Crippen LogP contribution in [0.15, 0.2) is 0 Å². The van der Waals surface area contributed by atoms with Crippen molar-refractivity contribution in [3.05, 3.63) is 0 Å². The minimum Gasteiger partial charge on any atom is -0.169 e. The summed E-state index contributed by atoms with van der Waals surface area (Å²) in [6.07, 6.45) is -11.5. The quantitative estimate of drug-likeness (QED) is 0.676. The molecule has 11 heteroatoms. The summed E-state index contributed by atoms with van der Waals surface area (Å²) >= 11 is 0. The molecule has 0 aromatic rings. The Morgan fingerprint density at radius 2 is 1.00 bits per heavy atom. The maximum absolute atomic E-state index is 11.1. The van der Waals surface area contributed by atoms with E-state index in [9.17, 15) is 34.8 Å². The van der Waals surface area contributed by atoms with Crippen molar-refractivity contribution in [1.82, 2.24) is 0 Å². The van der Waals surface area contributed by atoms with Gasteiger partial charge in [-0.15, -0.1) is 34.7 Å². The summed E-state index contributed by atoms with van der Waals surface area (Å²) in [5.74, 6) is 0. The Labute approximate surface area is 67.4 Å². The van der Waals surface area contributed by atoms with Gasteiger partial charge in [-0.05, 0) is 0 Å². The van der Waals surface area contributed by atoms with Crippen LogP contribution in [0.4, 0.5) is 26.3 Å². The predicted molar refractivity (Wildman–Crippen MR) is 23.2 cm³/mol. The molecule has 0 aliphatic carbocycles. The van der Waals surface area contributed by atoms with Crippen molar-refractivity contribution in [2.75, 3.05) is 0 Å². The Bertz CT molecular complexity index is 237. The van der Waals surface area contributed by atoms with Crippen LogP contribution >= 0.6 is 0 Å². The predicted octanol–water partition coefficient (Wildman–Crippen LogP) is 1.30. The minimum absolute atomic E-state index is 2.03. The molecule has 80 valence electrons. The van der Waals surface area contributed by atoms with Crippen LogP contribution in [0.3, 0.4) is 0 Å². The van der Waals surface area contributed by atoms with Crippen molar-refractivity contribution in [3.63, 3.8) is 0 Å². The number of rotatable bonds is 2. The Balaban J connectivity index is 4.46. The van der Waals surface area contributed by atoms with Crippen LogP contribution in [-0.4, -0.2) is 21.1 Å². The zero-order valence-electron chi connectivity index (χ0n) is 5.31. The van der Waals surface area contributed by atoms with E-state index in [-0.39, 0.29) is 0 Å². The van der Waals surface area contributed by atoms with Gasteiger partial charge in [0.05, 0.1) is 0 Å². The number of hydrogen-bond donors (Lipinski definition) is 0. The third kappa shape index (κ3) is 7.80. The van der Waals surface area contributed by atoms with Gasteiger partial charge in [0.15, 0.2) is 0 Å². The zero-order valence-corrected chi connectivity index (χ0v) is 6.13. The van der Waals surface area contributed by atoms with E-state index < -0.39 is 23.1 Å². The topological polar surface area (TPSA) is 52.6 Å². The zero-order chi connectivity index (χ0) is 10.9. The van der Waals surface area contributed by atoms with Gasteiger partial charge in [0.2, 0.25) is 0 Å². The highest BCUT2D eigenvalue weighted by Gasteiger charge is 2.44. The largest absolute Gasteiger partial charge is 0.538 e. The van der Waals surface area contributed by atoms with E-state index in [1.165, 1.54) is 0 Å². The molecule has 0 rings (SSSR count). The maximum atomic E-state index is 11.1. The van der Waals surface area contributed by atoms with Crippen LogP contribution in [0, 0.1) is 0 Å². The lowest BCUT2D eigenvalue weighted by Gasteiger charge is -2.08. The fourth-order valence-electron chi connectivity index (χ4n) is 0.248. The molecule has 0 saturated heterocycles. The van der Waals surface area contributed by atoms with Crippen molar-refractivity contribution in [3.8, 4) is 0 Å². The molecule has 0 saturated carbocycles. The molecule has 0 fully saturated rings. The molecule has 0 atom stereocenters. The van der Waals surface area contributed by atoms with Crippen LogP contribution in [0.5, 0.6) is 0 Å². The van der Waals surface area contributed by atoms with E-state index >= 15 is 0 Å². The molecular formula is C2F6O4S. The van der Waals surface area contributed by atoms with E-state index in [4.69, 9.17) is 0 Å². The molecule has 0 bridgehead atoms. The van der Waals surface area contributed by atoms with E-state index in [1.807, 2.05) is 8.37 Å². The van der Waals surface area contributed by atoms with Crippen molar-refractivity contribution < 1.29 is 43.1 Å².